The summed E-state index contributed by atoms with van der Waals surface area (Å²) in [5.74, 6) is -2.63. The fourth-order valence-corrected chi connectivity index (χ4v) is 0.748. The predicted molar refractivity (Wildman–Crippen MR) is 54.4 cm³/mol. The Bertz CT molecular complexity index is 374. The van der Waals surface area contributed by atoms with Gasteiger partial charge in [-0.3, -0.25) is 4.79 Å². The summed E-state index contributed by atoms with van der Waals surface area (Å²) in [6, 6.07) is 2.56. The molecule has 0 aliphatic rings. The molecule has 0 fully saturated rings. The van der Waals surface area contributed by atoms with Gasteiger partial charge in [0.2, 0.25) is 0 Å². The molecule has 0 radical (unpaired) electrons. The van der Waals surface area contributed by atoms with E-state index in [1.165, 1.54) is 24.4 Å². The van der Waals surface area contributed by atoms with Gasteiger partial charge in [0, 0.05) is 6.20 Å². The third-order valence-electron chi connectivity index (χ3n) is 1.34. The molecular formula is C10H9NO5. The topological polar surface area (TPSA) is 105 Å². The normalized spacial score (nSPS) is 8.25. The van der Waals surface area contributed by atoms with Crippen LogP contribution in [0.4, 0.5) is 0 Å². The first-order valence-corrected chi connectivity index (χ1v) is 4.02. The summed E-state index contributed by atoms with van der Waals surface area (Å²) in [6.45, 7) is 3.11. The monoisotopic (exact) mass is 223 g/mol. The molecule has 6 heteroatoms. The third-order valence-corrected chi connectivity index (χ3v) is 1.34. The molecule has 1 heterocycles. The van der Waals surface area contributed by atoms with Crippen LogP contribution in [0.15, 0.2) is 31.0 Å². The van der Waals surface area contributed by atoms with Gasteiger partial charge in [-0.2, -0.15) is 0 Å². The molecule has 0 aromatic carbocycles. The van der Waals surface area contributed by atoms with Crippen LogP contribution in [0.1, 0.15) is 20.8 Å². The molecule has 0 saturated carbocycles. The SMILES string of the molecule is C=CC=O.O=C(O)c1cccnc1C(=O)O. The number of pyridine rings is 1. The number of hydrogen-bond acceptors (Lipinski definition) is 4. The molecule has 2 N–H and O–H groups in total. The Labute approximate surface area is 90.9 Å². The van der Waals surface area contributed by atoms with Crippen LogP contribution < -0.4 is 0 Å². The maximum atomic E-state index is 10.4. The van der Waals surface area contributed by atoms with Gasteiger partial charge < -0.3 is 10.2 Å². The quantitative estimate of drug-likeness (QED) is 0.581. The Hall–Kier alpha value is -2.50. The molecule has 0 aliphatic carbocycles. The molecule has 0 bridgehead atoms. The van der Waals surface area contributed by atoms with Gasteiger partial charge in [0.25, 0.3) is 0 Å². The van der Waals surface area contributed by atoms with Gasteiger partial charge in [-0.1, -0.05) is 6.58 Å². The molecule has 0 saturated heterocycles. The van der Waals surface area contributed by atoms with E-state index in [1.54, 1.807) is 0 Å². The highest BCUT2D eigenvalue weighted by Gasteiger charge is 2.15. The molecule has 1 aromatic rings. The van der Waals surface area contributed by atoms with Crippen LogP contribution >= 0.6 is 0 Å². The number of hydrogen-bond donors (Lipinski definition) is 2. The minimum Gasteiger partial charge on any atom is -0.478 e. The summed E-state index contributed by atoms with van der Waals surface area (Å²) >= 11 is 0. The lowest BCUT2D eigenvalue weighted by Crippen LogP contribution is -2.09. The number of aldehydes is 1. The summed E-state index contributed by atoms with van der Waals surface area (Å²) in [4.78, 5) is 33.3. The van der Waals surface area contributed by atoms with Crippen molar-refractivity contribution in [2.45, 2.75) is 0 Å². The minimum absolute atomic E-state index is 0.301. The predicted octanol–water partition coefficient (Wildman–Crippen LogP) is 0.849. The lowest BCUT2D eigenvalue weighted by Gasteiger charge is -1.97. The van der Waals surface area contributed by atoms with Crippen molar-refractivity contribution in [2.75, 3.05) is 0 Å². The van der Waals surface area contributed by atoms with Crippen molar-refractivity contribution in [3.8, 4) is 0 Å². The molecule has 84 valence electrons. The zero-order valence-corrected chi connectivity index (χ0v) is 8.16. The highest BCUT2D eigenvalue weighted by Crippen LogP contribution is 2.04. The summed E-state index contributed by atoms with van der Waals surface area (Å²) in [6.07, 6.45) is 3.07. The standard InChI is InChI=1S/C7H5NO4.C3H4O/c9-6(10)4-2-1-3-8-5(4)7(11)12;1-2-3-4/h1-3H,(H,9,10)(H,11,12);2-3H,1H2. The number of carboxylic acid groups (broad SMARTS) is 2. The Kier molecular flexibility index (Phi) is 5.81. The van der Waals surface area contributed by atoms with Crippen LogP contribution in [0.5, 0.6) is 0 Å². The fraction of sp³-hybridized carbons (Fsp3) is 0. The van der Waals surface area contributed by atoms with E-state index in [9.17, 15) is 9.59 Å². The first-order chi connectivity index (χ1) is 7.54. The van der Waals surface area contributed by atoms with Crippen molar-refractivity contribution in [1.82, 2.24) is 4.98 Å². The summed E-state index contributed by atoms with van der Waals surface area (Å²) in [5, 5.41) is 17.0. The first-order valence-electron chi connectivity index (χ1n) is 4.02. The summed E-state index contributed by atoms with van der Waals surface area (Å²) in [5.41, 5.74) is -0.741. The van der Waals surface area contributed by atoms with Crippen LogP contribution in [0.3, 0.4) is 0 Å². The van der Waals surface area contributed by atoms with E-state index in [2.05, 4.69) is 11.6 Å². The maximum absolute atomic E-state index is 10.4. The second-order valence-electron chi connectivity index (χ2n) is 2.38. The van der Waals surface area contributed by atoms with E-state index in [-0.39, 0.29) is 5.56 Å². The average molecular weight is 223 g/mol. The Morgan fingerprint density at radius 3 is 2.19 bits per heavy atom. The van der Waals surface area contributed by atoms with Crippen LogP contribution in [0.25, 0.3) is 0 Å². The number of rotatable bonds is 3. The van der Waals surface area contributed by atoms with E-state index >= 15 is 0 Å². The van der Waals surface area contributed by atoms with E-state index in [1.807, 2.05) is 0 Å². The van der Waals surface area contributed by atoms with Gasteiger partial charge in [0.1, 0.15) is 6.29 Å². The molecule has 16 heavy (non-hydrogen) atoms. The van der Waals surface area contributed by atoms with E-state index in [0.717, 1.165) is 0 Å². The molecule has 1 rings (SSSR count). The Morgan fingerprint density at radius 2 is 1.88 bits per heavy atom. The maximum Gasteiger partial charge on any atom is 0.355 e. The lowest BCUT2D eigenvalue weighted by molar-refractivity contribution is -0.104. The zero-order chi connectivity index (χ0) is 12.6. The average Bonchev–Trinajstić information content (AvgIpc) is 2.29. The van der Waals surface area contributed by atoms with Crippen molar-refractivity contribution in [2.24, 2.45) is 0 Å². The molecule has 0 aliphatic heterocycles. The third kappa shape index (κ3) is 4.14. The Balaban J connectivity index is 0.000000487. The van der Waals surface area contributed by atoms with Gasteiger partial charge in [-0.25, -0.2) is 14.6 Å². The highest BCUT2D eigenvalue weighted by molar-refractivity contribution is 5.99. The molecule has 0 spiro atoms. The van der Waals surface area contributed by atoms with Crippen molar-refractivity contribution in [3.63, 3.8) is 0 Å². The molecular weight excluding hydrogens is 214 g/mol. The van der Waals surface area contributed by atoms with Gasteiger partial charge in [-0.05, 0) is 18.2 Å². The van der Waals surface area contributed by atoms with Gasteiger partial charge in [0.05, 0.1) is 5.56 Å². The Morgan fingerprint density at radius 1 is 1.31 bits per heavy atom. The zero-order valence-electron chi connectivity index (χ0n) is 8.16. The number of aromatic nitrogens is 1. The number of carbonyl (C=O) groups excluding carboxylic acids is 1. The number of carboxylic acids is 2. The van der Waals surface area contributed by atoms with Gasteiger partial charge in [-0.15, -0.1) is 0 Å². The second-order valence-corrected chi connectivity index (χ2v) is 2.38. The van der Waals surface area contributed by atoms with E-state index < -0.39 is 17.6 Å². The molecule has 6 nitrogen and oxygen atoms in total. The highest BCUT2D eigenvalue weighted by atomic mass is 16.4. The van der Waals surface area contributed by atoms with Crippen molar-refractivity contribution in [1.29, 1.82) is 0 Å². The van der Waals surface area contributed by atoms with E-state index in [4.69, 9.17) is 15.0 Å². The van der Waals surface area contributed by atoms with Crippen LogP contribution in [-0.4, -0.2) is 33.4 Å². The van der Waals surface area contributed by atoms with Crippen molar-refractivity contribution < 1.29 is 24.6 Å². The summed E-state index contributed by atoms with van der Waals surface area (Å²) < 4.78 is 0. The van der Waals surface area contributed by atoms with Crippen LogP contribution in [0.2, 0.25) is 0 Å². The minimum atomic E-state index is -1.34. The van der Waals surface area contributed by atoms with Gasteiger partial charge >= 0.3 is 11.9 Å². The molecule has 0 unspecified atom stereocenters. The molecule has 0 atom stereocenters. The fourth-order valence-electron chi connectivity index (χ4n) is 0.748. The van der Waals surface area contributed by atoms with Crippen LogP contribution in [-0.2, 0) is 4.79 Å². The van der Waals surface area contributed by atoms with E-state index in [0.29, 0.717) is 6.29 Å². The van der Waals surface area contributed by atoms with Crippen molar-refractivity contribution in [3.05, 3.63) is 42.2 Å². The summed E-state index contributed by atoms with van der Waals surface area (Å²) in [7, 11) is 0. The lowest BCUT2D eigenvalue weighted by atomic mass is 10.2. The van der Waals surface area contributed by atoms with Crippen LogP contribution in [0, 0.1) is 0 Å². The van der Waals surface area contributed by atoms with Gasteiger partial charge in [0.15, 0.2) is 5.69 Å². The molecule has 0 amide bonds. The second kappa shape index (κ2) is 6.88. The molecule has 1 aromatic heterocycles. The first kappa shape index (κ1) is 13.5. The smallest absolute Gasteiger partial charge is 0.355 e. The number of aromatic carboxylic acids is 2. The number of nitrogens with zero attached hydrogens (tertiary/aromatic N) is 1. The van der Waals surface area contributed by atoms with Crippen molar-refractivity contribution >= 4 is 18.2 Å². The largest absolute Gasteiger partial charge is 0.478 e. The number of carbonyl (C=O) groups is 3. The number of allylic oxidation sites excluding steroid dienone is 1.